The van der Waals surface area contributed by atoms with E-state index in [-0.39, 0.29) is 22.8 Å². The summed E-state index contributed by atoms with van der Waals surface area (Å²) in [4.78, 5) is 23.2. The number of ether oxygens (including phenoxy) is 2. The third-order valence-electron chi connectivity index (χ3n) is 5.33. The fraction of sp³-hybridized carbons (Fsp3) is 0.733. The molecule has 0 radical (unpaired) electrons. The van der Waals surface area contributed by atoms with Crippen LogP contribution in [0.15, 0.2) is 12.2 Å². The fourth-order valence-electron chi connectivity index (χ4n) is 4.27. The molecule has 2 aliphatic carbocycles. The monoisotopic (exact) mass is 344 g/mol. The summed E-state index contributed by atoms with van der Waals surface area (Å²) in [6.45, 7) is 8.33. The first kappa shape index (κ1) is 16.4. The van der Waals surface area contributed by atoms with Gasteiger partial charge >= 0.3 is 11.9 Å². The standard InChI is InChI=1S/C15H20O7S/c1-7(2)14(17)20-6-10(16)21-12-8-5-9-11(15(8,3)4)13(12)22-23(9,18)19/h8-9,11-13H,1,5-6H2,2-4H3. The highest BCUT2D eigenvalue weighted by atomic mass is 32.2. The molecular weight excluding hydrogens is 324 g/mol. The van der Waals surface area contributed by atoms with Crippen molar-refractivity contribution in [2.45, 2.75) is 44.6 Å². The third-order valence-corrected chi connectivity index (χ3v) is 7.05. The van der Waals surface area contributed by atoms with Crippen molar-refractivity contribution in [2.75, 3.05) is 6.61 Å². The average molecular weight is 344 g/mol. The van der Waals surface area contributed by atoms with Gasteiger partial charge in [0.25, 0.3) is 10.1 Å². The zero-order chi connectivity index (χ0) is 17.2. The zero-order valence-corrected chi connectivity index (χ0v) is 14.1. The fourth-order valence-corrected chi connectivity index (χ4v) is 6.26. The van der Waals surface area contributed by atoms with Crippen LogP contribution in [0.3, 0.4) is 0 Å². The first-order valence-corrected chi connectivity index (χ1v) is 8.97. The van der Waals surface area contributed by atoms with E-state index in [0.717, 1.165) is 0 Å². The molecule has 2 saturated carbocycles. The minimum Gasteiger partial charge on any atom is -0.457 e. The number of hydrogen-bond donors (Lipinski definition) is 0. The van der Waals surface area contributed by atoms with Crippen molar-refractivity contribution in [3.8, 4) is 0 Å². The van der Waals surface area contributed by atoms with Crippen molar-refractivity contribution in [2.24, 2.45) is 17.3 Å². The van der Waals surface area contributed by atoms with Gasteiger partial charge in [-0.05, 0) is 18.8 Å². The van der Waals surface area contributed by atoms with Gasteiger partial charge < -0.3 is 9.47 Å². The van der Waals surface area contributed by atoms with Crippen molar-refractivity contribution in [1.82, 2.24) is 0 Å². The summed E-state index contributed by atoms with van der Waals surface area (Å²) in [5.74, 6) is -1.64. The highest BCUT2D eigenvalue weighted by molar-refractivity contribution is 7.87. The third kappa shape index (κ3) is 2.39. The largest absolute Gasteiger partial charge is 0.457 e. The number of carbonyl (C=O) groups excluding carboxylic acids is 2. The summed E-state index contributed by atoms with van der Waals surface area (Å²) < 4.78 is 39.5. The molecule has 0 amide bonds. The van der Waals surface area contributed by atoms with Crippen molar-refractivity contribution >= 4 is 22.1 Å². The Balaban J connectivity index is 1.70. The minimum atomic E-state index is -3.60. The molecule has 0 spiro atoms. The van der Waals surface area contributed by atoms with Gasteiger partial charge in [-0.25, -0.2) is 9.59 Å². The molecule has 3 aliphatic rings. The van der Waals surface area contributed by atoms with Crippen LogP contribution in [-0.4, -0.2) is 44.4 Å². The number of hydrogen-bond acceptors (Lipinski definition) is 7. The molecule has 3 rings (SSSR count). The smallest absolute Gasteiger partial charge is 0.344 e. The molecule has 1 saturated heterocycles. The van der Waals surface area contributed by atoms with Gasteiger partial charge in [0.15, 0.2) is 6.61 Å². The van der Waals surface area contributed by atoms with Crippen LogP contribution in [-0.2, 0) is 33.4 Å². The van der Waals surface area contributed by atoms with Crippen LogP contribution < -0.4 is 0 Å². The summed E-state index contributed by atoms with van der Waals surface area (Å²) in [5, 5.41) is -0.510. The van der Waals surface area contributed by atoms with Crippen LogP contribution in [0.1, 0.15) is 27.2 Å². The van der Waals surface area contributed by atoms with E-state index in [2.05, 4.69) is 6.58 Å². The lowest BCUT2D eigenvalue weighted by atomic mass is 9.81. The second-order valence-corrected chi connectivity index (χ2v) is 8.88. The van der Waals surface area contributed by atoms with E-state index in [1.165, 1.54) is 6.92 Å². The number of carbonyl (C=O) groups is 2. The maximum Gasteiger partial charge on any atom is 0.344 e. The van der Waals surface area contributed by atoms with Crippen LogP contribution >= 0.6 is 0 Å². The molecule has 3 fully saturated rings. The Morgan fingerprint density at radius 1 is 1.35 bits per heavy atom. The van der Waals surface area contributed by atoms with Crippen LogP contribution in [0, 0.1) is 17.3 Å². The van der Waals surface area contributed by atoms with Gasteiger partial charge in [0.05, 0.1) is 5.25 Å². The Labute approximate surface area is 135 Å². The Hall–Kier alpha value is -1.41. The minimum absolute atomic E-state index is 0.0828. The molecule has 1 aliphatic heterocycles. The van der Waals surface area contributed by atoms with Crippen LogP contribution in [0.4, 0.5) is 0 Å². The molecule has 0 aromatic carbocycles. The summed E-state index contributed by atoms with van der Waals surface area (Å²) in [7, 11) is -3.60. The predicted octanol–water partition coefficient (Wildman–Crippen LogP) is 0.791. The lowest BCUT2D eigenvalue weighted by molar-refractivity contribution is -0.165. The van der Waals surface area contributed by atoms with Gasteiger partial charge in [-0.15, -0.1) is 0 Å². The van der Waals surface area contributed by atoms with Crippen molar-refractivity contribution in [3.05, 3.63) is 12.2 Å². The number of fused-ring (bicyclic) bond motifs is 1. The second kappa shape index (κ2) is 5.04. The molecule has 128 valence electrons. The van der Waals surface area contributed by atoms with E-state index in [1.807, 2.05) is 13.8 Å². The van der Waals surface area contributed by atoms with E-state index < -0.39 is 46.1 Å². The zero-order valence-electron chi connectivity index (χ0n) is 13.3. The Bertz CT molecular complexity index is 678. The number of esters is 2. The van der Waals surface area contributed by atoms with Crippen LogP contribution in [0.5, 0.6) is 0 Å². The lowest BCUT2D eigenvalue weighted by Gasteiger charge is -2.26. The highest BCUT2D eigenvalue weighted by Gasteiger charge is 2.73. The Kier molecular flexibility index (Phi) is 3.61. The molecule has 7 nitrogen and oxygen atoms in total. The summed E-state index contributed by atoms with van der Waals surface area (Å²) >= 11 is 0. The summed E-state index contributed by atoms with van der Waals surface area (Å²) in [6, 6.07) is 0. The van der Waals surface area contributed by atoms with Crippen LogP contribution in [0.2, 0.25) is 0 Å². The number of rotatable bonds is 4. The molecule has 0 N–H and O–H groups in total. The first-order valence-electron chi connectivity index (χ1n) is 7.50. The predicted molar refractivity (Wildman–Crippen MR) is 78.6 cm³/mol. The van der Waals surface area contributed by atoms with E-state index >= 15 is 0 Å². The van der Waals surface area contributed by atoms with E-state index in [0.29, 0.717) is 6.42 Å². The normalized spacial score (nSPS) is 38.3. The van der Waals surface area contributed by atoms with Gasteiger partial charge in [-0.1, -0.05) is 20.4 Å². The van der Waals surface area contributed by atoms with E-state index in [9.17, 15) is 18.0 Å². The molecule has 5 atom stereocenters. The maximum absolute atomic E-state index is 12.0. The van der Waals surface area contributed by atoms with Gasteiger partial charge in [0, 0.05) is 17.4 Å². The van der Waals surface area contributed by atoms with Gasteiger partial charge in [0.1, 0.15) is 12.2 Å². The Morgan fingerprint density at radius 3 is 2.61 bits per heavy atom. The topological polar surface area (TPSA) is 96.0 Å². The van der Waals surface area contributed by atoms with E-state index in [1.54, 1.807) is 0 Å². The molecule has 23 heavy (non-hydrogen) atoms. The van der Waals surface area contributed by atoms with Gasteiger partial charge in [-0.3, -0.25) is 4.18 Å². The molecule has 0 aromatic rings. The maximum atomic E-state index is 12.0. The molecule has 2 bridgehead atoms. The highest BCUT2D eigenvalue weighted by Crippen LogP contribution is 2.64. The molecule has 0 aromatic heterocycles. The average Bonchev–Trinajstić information content (AvgIpc) is 2.90. The second-order valence-electron chi connectivity index (χ2n) is 7.09. The van der Waals surface area contributed by atoms with Gasteiger partial charge in [-0.2, -0.15) is 8.42 Å². The first-order chi connectivity index (χ1) is 10.6. The SMILES string of the molecule is C=C(C)C(=O)OCC(=O)OC1C2OS(=O)(=O)C3CC1C(C)(C)C23. The quantitative estimate of drug-likeness (QED) is 0.422. The molecule has 5 unspecified atom stereocenters. The Morgan fingerprint density at radius 2 is 2.00 bits per heavy atom. The van der Waals surface area contributed by atoms with Crippen molar-refractivity contribution in [1.29, 1.82) is 0 Å². The molecular formula is C15H20O7S. The van der Waals surface area contributed by atoms with Crippen molar-refractivity contribution in [3.63, 3.8) is 0 Å². The lowest BCUT2D eigenvalue weighted by Crippen LogP contribution is -2.38. The van der Waals surface area contributed by atoms with Gasteiger partial charge in [0.2, 0.25) is 0 Å². The molecule has 1 heterocycles. The summed E-state index contributed by atoms with van der Waals surface area (Å²) in [5.41, 5.74) is -0.0926. The molecule has 8 heteroatoms. The van der Waals surface area contributed by atoms with E-state index in [4.69, 9.17) is 13.7 Å². The van der Waals surface area contributed by atoms with Crippen LogP contribution in [0.25, 0.3) is 0 Å². The van der Waals surface area contributed by atoms with Crippen molar-refractivity contribution < 1.29 is 31.7 Å². The summed E-state index contributed by atoms with van der Waals surface area (Å²) in [6.07, 6.45) is -0.834.